The molecule has 0 fully saturated rings. The molecule has 0 aliphatic carbocycles. The van der Waals surface area contributed by atoms with Crippen molar-refractivity contribution in [1.82, 2.24) is 19.1 Å². The maximum Gasteiger partial charge on any atom is 0.218 e. The normalized spacial score (nSPS) is 11.9. The molecule has 0 saturated carbocycles. The third kappa shape index (κ3) is 3.39. The number of rotatable bonds is 5. The Hall–Kier alpha value is -1.73. The molecule has 6 nitrogen and oxygen atoms in total. The molecule has 7 heteroatoms. The van der Waals surface area contributed by atoms with Gasteiger partial charge in [0, 0.05) is 14.1 Å². The van der Waals surface area contributed by atoms with E-state index in [1.807, 2.05) is 18.2 Å². The van der Waals surface area contributed by atoms with Crippen molar-refractivity contribution < 1.29 is 8.42 Å². The van der Waals surface area contributed by atoms with Crippen LogP contribution in [0, 0.1) is 0 Å². The van der Waals surface area contributed by atoms with Crippen LogP contribution in [-0.4, -0.2) is 34.5 Å². The molecule has 19 heavy (non-hydrogen) atoms. The van der Waals surface area contributed by atoms with Gasteiger partial charge in [0.1, 0.15) is 12.2 Å². The number of sulfonamides is 1. The van der Waals surface area contributed by atoms with E-state index in [1.54, 1.807) is 30.9 Å². The topological polar surface area (TPSA) is 68.1 Å². The Labute approximate surface area is 112 Å². The fourth-order valence-electron chi connectivity index (χ4n) is 1.66. The van der Waals surface area contributed by atoms with Gasteiger partial charge >= 0.3 is 0 Å². The Bertz CT molecular complexity index is 637. The number of aromatic nitrogens is 3. The van der Waals surface area contributed by atoms with Crippen LogP contribution in [0.5, 0.6) is 0 Å². The van der Waals surface area contributed by atoms with Crippen molar-refractivity contribution in [2.75, 3.05) is 7.05 Å². The van der Waals surface area contributed by atoms with E-state index in [1.165, 1.54) is 10.6 Å². The molecule has 0 N–H and O–H groups in total. The molecule has 0 amide bonds. The monoisotopic (exact) mass is 280 g/mol. The smallest absolute Gasteiger partial charge is 0.218 e. The summed E-state index contributed by atoms with van der Waals surface area (Å²) < 4.78 is 27.3. The molecule has 1 aromatic carbocycles. The lowest BCUT2D eigenvalue weighted by Crippen LogP contribution is -2.29. The standard InChI is InChI=1S/C12H16N4O2S/c1-15(8-12-13-10-14-16(12)2)19(17,18)9-11-6-4-3-5-7-11/h3-7,10H,8-9H2,1-2H3. The van der Waals surface area contributed by atoms with Gasteiger partial charge in [0.2, 0.25) is 10.0 Å². The van der Waals surface area contributed by atoms with Crippen molar-refractivity contribution in [1.29, 1.82) is 0 Å². The third-order valence-electron chi connectivity index (χ3n) is 2.84. The summed E-state index contributed by atoms with van der Waals surface area (Å²) in [7, 11) is -0.0693. The molecule has 0 aliphatic heterocycles. The van der Waals surface area contributed by atoms with Crippen LogP contribution < -0.4 is 0 Å². The predicted octanol–water partition coefficient (Wildman–Crippen LogP) is 0.777. The van der Waals surface area contributed by atoms with Crippen LogP contribution in [0.3, 0.4) is 0 Å². The summed E-state index contributed by atoms with van der Waals surface area (Å²) in [5.74, 6) is 0.599. The molecule has 0 unspecified atom stereocenters. The summed E-state index contributed by atoms with van der Waals surface area (Å²) in [4.78, 5) is 4.02. The maximum absolute atomic E-state index is 12.2. The van der Waals surface area contributed by atoms with Crippen LogP contribution in [0.15, 0.2) is 36.7 Å². The first kappa shape index (κ1) is 13.7. The minimum Gasteiger partial charge on any atom is -0.252 e. The zero-order chi connectivity index (χ0) is 13.9. The molecular weight excluding hydrogens is 264 g/mol. The molecular formula is C12H16N4O2S. The molecule has 2 rings (SSSR count). The highest BCUT2D eigenvalue weighted by atomic mass is 32.2. The Morgan fingerprint density at radius 2 is 1.95 bits per heavy atom. The number of hydrogen-bond donors (Lipinski definition) is 0. The van der Waals surface area contributed by atoms with Crippen LogP contribution >= 0.6 is 0 Å². The summed E-state index contributed by atoms with van der Waals surface area (Å²) in [6, 6.07) is 9.11. The zero-order valence-electron chi connectivity index (χ0n) is 10.9. The minimum absolute atomic E-state index is 0.0117. The van der Waals surface area contributed by atoms with Crippen molar-refractivity contribution >= 4 is 10.0 Å². The van der Waals surface area contributed by atoms with Gasteiger partial charge in [-0.15, -0.1) is 0 Å². The Kier molecular flexibility index (Phi) is 3.96. The van der Waals surface area contributed by atoms with Gasteiger partial charge in [-0.05, 0) is 5.56 Å². The second-order valence-corrected chi connectivity index (χ2v) is 6.37. The van der Waals surface area contributed by atoms with Gasteiger partial charge in [0.15, 0.2) is 0 Å². The van der Waals surface area contributed by atoms with Crippen molar-refractivity contribution in [3.63, 3.8) is 0 Å². The molecule has 1 aromatic heterocycles. The van der Waals surface area contributed by atoms with E-state index < -0.39 is 10.0 Å². The first-order valence-electron chi connectivity index (χ1n) is 5.80. The fourth-order valence-corrected chi connectivity index (χ4v) is 2.80. The van der Waals surface area contributed by atoms with Gasteiger partial charge in [-0.25, -0.2) is 13.4 Å². The van der Waals surface area contributed by atoms with Crippen LogP contribution in [0.2, 0.25) is 0 Å². The minimum atomic E-state index is -3.35. The predicted molar refractivity (Wildman–Crippen MR) is 71.5 cm³/mol. The van der Waals surface area contributed by atoms with E-state index in [2.05, 4.69) is 10.1 Å². The van der Waals surface area contributed by atoms with Crippen LogP contribution in [0.25, 0.3) is 0 Å². The Morgan fingerprint density at radius 1 is 1.26 bits per heavy atom. The van der Waals surface area contributed by atoms with Gasteiger partial charge < -0.3 is 0 Å². The molecule has 102 valence electrons. The van der Waals surface area contributed by atoms with E-state index in [0.717, 1.165) is 5.56 Å². The molecule has 0 radical (unpaired) electrons. The molecule has 1 heterocycles. The molecule has 0 saturated heterocycles. The molecule has 2 aromatic rings. The summed E-state index contributed by atoms with van der Waals surface area (Å²) >= 11 is 0. The quantitative estimate of drug-likeness (QED) is 0.811. The van der Waals surface area contributed by atoms with E-state index in [-0.39, 0.29) is 12.3 Å². The van der Waals surface area contributed by atoms with E-state index >= 15 is 0 Å². The van der Waals surface area contributed by atoms with Crippen molar-refractivity contribution in [3.8, 4) is 0 Å². The van der Waals surface area contributed by atoms with Crippen molar-refractivity contribution in [2.45, 2.75) is 12.3 Å². The summed E-state index contributed by atoms with van der Waals surface area (Å²) in [5.41, 5.74) is 0.771. The first-order chi connectivity index (χ1) is 8.99. The average molecular weight is 280 g/mol. The highest BCUT2D eigenvalue weighted by molar-refractivity contribution is 7.88. The van der Waals surface area contributed by atoms with Gasteiger partial charge in [0.25, 0.3) is 0 Å². The number of benzene rings is 1. The lowest BCUT2D eigenvalue weighted by Gasteiger charge is -2.16. The summed E-state index contributed by atoms with van der Waals surface area (Å²) in [6.07, 6.45) is 1.41. The maximum atomic E-state index is 12.2. The molecule has 0 atom stereocenters. The number of aryl methyl sites for hydroxylation is 1. The number of nitrogens with zero attached hydrogens (tertiary/aromatic N) is 4. The van der Waals surface area contributed by atoms with Gasteiger partial charge in [-0.3, -0.25) is 4.68 Å². The Morgan fingerprint density at radius 3 is 2.53 bits per heavy atom. The van der Waals surface area contributed by atoms with Gasteiger partial charge in [-0.1, -0.05) is 30.3 Å². The SMILES string of the molecule is CN(Cc1ncnn1C)S(=O)(=O)Cc1ccccc1. The summed E-state index contributed by atoms with van der Waals surface area (Å²) in [6.45, 7) is 0.214. The third-order valence-corrected chi connectivity index (χ3v) is 4.61. The van der Waals surface area contributed by atoms with Crippen LogP contribution in [-0.2, 0) is 29.4 Å². The summed E-state index contributed by atoms with van der Waals surface area (Å²) in [5, 5.41) is 3.92. The fraction of sp³-hybridized carbons (Fsp3) is 0.333. The number of hydrogen-bond acceptors (Lipinski definition) is 4. The zero-order valence-corrected chi connectivity index (χ0v) is 11.7. The van der Waals surface area contributed by atoms with Crippen molar-refractivity contribution in [2.24, 2.45) is 7.05 Å². The second-order valence-electron chi connectivity index (χ2n) is 4.30. The first-order valence-corrected chi connectivity index (χ1v) is 7.41. The van der Waals surface area contributed by atoms with E-state index in [0.29, 0.717) is 5.82 Å². The molecule has 0 bridgehead atoms. The van der Waals surface area contributed by atoms with Crippen LogP contribution in [0.4, 0.5) is 0 Å². The Balaban J connectivity index is 2.09. The lowest BCUT2D eigenvalue weighted by molar-refractivity contribution is 0.446. The van der Waals surface area contributed by atoms with Crippen molar-refractivity contribution in [3.05, 3.63) is 48.0 Å². The van der Waals surface area contributed by atoms with Crippen LogP contribution in [0.1, 0.15) is 11.4 Å². The van der Waals surface area contributed by atoms with E-state index in [9.17, 15) is 8.42 Å². The molecule has 0 spiro atoms. The lowest BCUT2D eigenvalue weighted by atomic mass is 10.2. The largest absolute Gasteiger partial charge is 0.252 e. The van der Waals surface area contributed by atoms with Gasteiger partial charge in [-0.2, -0.15) is 9.40 Å². The highest BCUT2D eigenvalue weighted by Crippen LogP contribution is 2.11. The average Bonchev–Trinajstić information content (AvgIpc) is 2.76. The second kappa shape index (κ2) is 5.50. The molecule has 0 aliphatic rings. The highest BCUT2D eigenvalue weighted by Gasteiger charge is 2.20. The van der Waals surface area contributed by atoms with E-state index in [4.69, 9.17) is 0 Å². The van der Waals surface area contributed by atoms with Gasteiger partial charge in [0.05, 0.1) is 12.3 Å².